The van der Waals surface area contributed by atoms with Gasteiger partial charge in [0.25, 0.3) is 0 Å². The summed E-state index contributed by atoms with van der Waals surface area (Å²) >= 11 is 0. The van der Waals surface area contributed by atoms with Gasteiger partial charge in [0.2, 0.25) is 0 Å². The molecule has 0 radical (unpaired) electrons. The highest BCUT2D eigenvalue weighted by Crippen LogP contribution is 2.17. The molecule has 0 aliphatic heterocycles. The maximum Gasteiger partial charge on any atom is 0.332 e. The summed E-state index contributed by atoms with van der Waals surface area (Å²) in [5.41, 5.74) is 1.72. The summed E-state index contributed by atoms with van der Waals surface area (Å²) in [6.07, 6.45) is 3.65. The predicted octanol–water partition coefficient (Wildman–Crippen LogP) is 2.99. The summed E-state index contributed by atoms with van der Waals surface area (Å²) in [5.74, 6) is 0.458. The Hall–Kier alpha value is -1.97. The molecule has 0 aromatic heterocycles. The van der Waals surface area contributed by atoms with Crippen molar-refractivity contribution < 1.29 is 14.3 Å². The molecule has 110 valence electrons. The molecule has 0 amide bonds. The monoisotopic (exact) mass is 277 g/mol. The van der Waals surface area contributed by atoms with E-state index in [-0.39, 0.29) is 5.97 Å². The van der Waals surface area contributed by atoms with E-state index in [0.29, 0.717) is 6.61 Å². The van der Waals surface area contributed by atoms with Crippen molar-refractivity contribution in [2.45, 2.75) is 26.7 Å². The van der Waals surface area contributed by atoms with E-state index in [0.717, 1.165) is 36.4 Å². The summed E-state index contributed by atoms with van der Waals surface area (Å²) in [4.78, 5) is 11.6. The van der Waals surface area contributed by atoms with Crippen molar-refractivity contribution in [2.24, 2.45) is 0 Å². The van der Waals surface area contributed by atoms with E-state index in [2.05, 4.69) is 12.2 Å². The van der Waals surface area contributed by atoms with Crippen LogP contribution in [0.15, 0.2) is 30.3 Å². The van der Waals surface area contributed by atoms with Gasteiger partial charge in [-0.15, -0.1) is 0 Å². The lowest BCUT2D eigenvalue weighted by Crippen LogP contribution is -2.15. The average molecular weight is 277 g/mol. The SMILES string of the molecule is CCCCN/C(=C/C(=O)OCC)c1ccc(OC)cc1. The highest BCUT2D eigenvalue weighted by molar-refractivity contribution is 5.90. The van der Waals surface area contributed by atoms with Gasteiger partial charge in [0, 0.05) is 18.3 Å². The van der Waals surface area contributed by atoms with Gasteiger partial charge in [-0.2, -0.15) is 0 Å². The molecule has 0 saturated carbocycles. The average Bonchev–Trinajstić information content (AvgIpc) is 2.47. The van der Waals surface area contributed by atoms with E-state index >= 15 is 0 Å². The molecular weight excluding hydrogens is 254 g/mol. The number of benzene rings is 1. The Bertz CT molecular complexity index is 438. The van der Waals surface area contributed by atoms with Crippen molar-refractivity contribution >= 4 is 11.7 Å². The highest BCUT2D eigenvalue weighted by Gasteiger charge is 2.05. The first-order valence-corrected chi connectivity index (χ1v) is 6.98. The molecule has 0 atom stereocenters. The van der Waals surface area contributed by atoms with Crippen LogP contribution in [0.2, 0.25) is 0 Å². The Balaban J connectivity index is 2.86. The van der Waals surface area contributed by atoms with Gasteiger partial charge < -0.3 is 14.8 Å². The molecule has 0 aliphatic carbocycles. The summed E-state index contributed by atoms with van der Waals surface area (Å²) in [6.45, 7) is 5.13. The number of rotatable bonds is 8. The van der Waals surface area contributed by atoms with E-state index in [1.165, 1.54) is 6.08 Å². The molecule has 1 aromatic rings. The molecule has 1 N–H and O–H groups in total. The topological polar surface area (TPSA) is 47.6 Å². The van der Waals surface area contributed by atoms with E-state index in [4.69, 9.17) is 9.47 Å². The van der Waals surface area contributed by atoms with Crippen LogP contribution in [0.1, 0.15) is 32.3 Å². The lowest BCUT2D eigenvalue weighted by Gasteiger charge is -2.11. The van der Waals surface area contributed by atoms with Gasteiger partial charge in [-0.1, -0.05) is 13.3 Å². The van der Waals surface area contributed by atoms with Crippen molar-refractivity contribution in [3.63, 3.8) is 0 Å². The number of carbonyl (C=O) groups excluding carboxylic acids is 1. The van der Waals surface area contributed by atoms with Crippen LogP contribution in [0.25, 0.3) is 5.70 Å². The zero-order valence-corrected chi connectivity index (χ0v) is 12.4. The second-order valence-electron chi connectivity index (χ2n) is 4.32. The molecule has 1 aromatic carbocycles. The molecule has 0 spiro atoms. The van der Waals surface area contributed by atoms with E-state index in [1.807, 2.05) is 24.3 Å². The molecule has 4 nitrogen and oxygen atoms in total. The minimum atomic E-state index is -0.331. The van der Waals surface area contributed by atoms with E-state index in [1.54, 1.807) is 14.0 Å². The zero-order valence-electron chi connectivity index (χ0n) is 12.4. The number of carbonyl (C=O) groups is 1. The van der Waals surface area contributed by atoms with Crippen LogP contribution in [0, 0.1) is 0 Å². The van der Waals surface area contributed by atoms with Gasteiger partial charge in [0.1, 0.15) is 5.75 Å². The maximum absolute atomic E-state index is 11.6. The van der Waals surface area contributed by atoms with Crippen LogP contribution in [-0.4, -0.2) is 26.2 Å². The molecule has 0 saturated heterocycles. The van der Waals surface area contributed by atoms with Gasteiger partial charge in [-0.3, -0.25) is 0 Å². The van der Waals surface area contributed by atoms with Crippen LogP contribution in [0.4, 0.5) is 0 Å². The molecule has 0 fully saturated rings. The first-order valence-electron chi connectivity index (χ1n) is 6.98. The molecule has 0 unspecified atom stereocenters. The normalized spacial score (nSPS) is 11.1. The van der Waals surface area contributed by atoms with Crippen LogP contribution < -0.4 is 10.1 Å². The Morgan fingerprint density at radius 2 is 1.95 bits per heavy atom. The van der Waals surface area contributed by atoms with Crippen molar-refractivity contribution in [3.05, 3.63) is 35.9 Å². The third-order valence-electron chi connectivity index (χ3n) is 2.80. The molecule has 0 bridgehead atoms. The Morgan fingerprint density at radius 3 is 2.50 bits per heavy atom. The molecule has 1 rings (SSSR count). The maximum atomic E-state index is 11.6. The van der Waals surface area contributed by atoms with Crippen LogP contribution in [0.5, 0.6) is 5.75 Å². The second-order valence-corrected chi connectivity index (χ2v) is 4.32. The van der Waals surface area contributed by atoms with Crippen molar-refractivity contribution in [1.29, 1.82) is 0 Å². The third-order valence-corrected chi connectivity index (χ3v) is 2.80. The smallest absolute Gasteiger partial charge is 0.332 e. The first-order chi connectivity index (χ1) is 9.71. The number of nitrogens with one attached hydrogen (secondary N) is 1. The zero-order chi connectivity index (χ0) is 14.8. The highest BCUT2D eigenvalue weighted by atomic mass is 16.5. The standard InChI is InChI=1S/C16H23NO3/c1-4-6-11-17-15(12-16(18)20-5-2)13-7-9-14(19-3)10-8-13/h7-10,12,17H,4-6,11H2,1-3H3/b15-12+. The van der Waals surface area contributed by atoms with Gasteiger partial charge in [-0.25, -0.2) is 4.79 Å². The lowest BCUT2D eigenvalue weighted by atomic mass is 10.1. The number of ether oxygens (including phenoxy) is 2. The largest absolute Gasteiger partial charge is 0.497 e. The Labute approximate surface area is 120 Å². The van der Waals surface area contributed by atoms with Crippen LogP contribution in [-0.2, 0) is 9.53 Å². The fraction of sp³-hybridized carbons (Fsp3) is 0.438. The summed E-state index contributed by atoms with van der Waals surface area (Å²) < 4.78 is 10.1. The lowest BCUT2D eigenvalue weighted by molar-refractivity contribution is -0.137. The minimum absolute atomic E-state index is 0.331. The Morgan fingerprint density at radius 1 is 1.25 bits per heavy atom. The summed E-state index contributed by atoms with van der Waals surface area (Å²) in [7, 11) is 1.63. The number of unbranched alkanes of at least 4 members (excludes halogenated alkanes) is 1. The van der Waals surface area contributed by atoms with Gasteiger partial charge in [0.15, 0.2) is 0 Å². The summed E-state index contributed by atoms with van der Waals surface area (Å²) in [5, 5.41) is 3.28. The van der Waals surface area contributed by atoms with E-state index in [9.17, 15) is 4.79 Å². The molecule has 0 heterocycles. The van der Waals surface area contributed by atoms with Crippen LogP contribution in [0.3, 0.4) is 0 Å². The fourth-order valence-corrected chi connectivity index (χ4v) is 1.71. The van der Waals surface area contributed by atoms with Gasteiger partial charge >= 0.3 is 5.97 Å². The number of esters is 1. The predicted molar refractivity (Wildman–Crippen MR) is 80.5 cm³/mol. The number of hydrogen-bond acceptors (Lipinski definition) is 4. The van der Waals surface area contributed by atoms with Gasteiger partial charge in [0.05, 0.1) is 13.7 Å². The minimum Gasteiger partial charge on any atom is -0.497 e. The molecule has 20 heavy (non-hydrogen) atoms. The van der Waals surface area contributed by atoms with Crippen LogP contribution >= 0.6 is 0 Å². The van der Waals surface area contributed by atoms with Crippen molar-refractivity contribution in [3.8, 4) is 5.75 Å². The first kappa shape index (κ1) is 16.1. The summed E-state index contributed by atoms with van der Waals surface area (Å²) in [6, 6.07) is 7.58. The number of methoxy groups -OCH3 is 1. The second kappa shape index (κ2) is 9.02. The Kier molecular flexibility index (Phi) is 7.25. The molecule has 4 heteroatoms. The third kappa shape index (κ3) is 5.34. The van der Waals surface area contributed by atoms with E-state index < -0.39 is 0 Å². The molecule has 0 aliphatic rings. The van der Waals surface area contributed by atoms with Crippen molar-refractivity contribution in [2.75, 3.05) is 20.3 Å². The van der Waals surface area contributed by atoms with Gasteiger partial charge in [-0.05, 0) is 43.2 Å². The van der Waals surface area contributed by atoms with Crippen molar-refractivity contribution in [1.82, 2.24) is 5.32 Å². The fourth-order valence-electron chi connectivity index (χ4n) is 1.71. The quantitative estimate of drug-likeness (QED) is 0.451. The molecular formula is C16H23NO3. The number of hydrogen-bond donors (Lipinski definition) is 1.